The van der Waals surface area contributed by atoms with Gasteiger partial charge in [-0.2, -0.15) is 0 Å². The molecule has 0 aliphatic heterocycles. The standard InChI is InChI=1S/C10H9ClN2O4/c11-7-2-1-5(3-8(7)13(16)17)6-4-10(6,12)9(14)15/h1-3,6H,4,12H2,(H,14,15). The van der Waals surface area contributed by atoms with Gasteiger partial charge in [0, 0.05) is 12.0 Å². The molecule has 0 heterocycles. The molecule has 1 aliphatic carbocycles. The summed E-state index contributed by atoms with van der Waals surface area (Å²) in [4.78, 5) is 20.9. The molecule has 0 radical (unpaired) electrons. The third-order valence-electron chi connectivity index (χ3n) is 2.97. The van der Waals surface area contributed by atoms with Crippen molar-refractivity contribution in [3.8, 4) is 0 Å². The first-order valence-corrected chi connectivity index (χ1v) is 5.20. The van der Waals surface area contributed by atoms with Crippen molar-refractivity contribution in [2.45, 2.75) is 17.9 Å². The summed E-state index contributed by atoms with van der Waals surface area (Å²) in [5, 5.41) is 19.6. The molecular weight excluding hydrogens is 248 g/mol. The van der Waals surface area contributed by atoms with E-state index in [4.69, 9.17) is 22.4 Å². The van der Waals surface area contributed by atoms with Gasteiger partial charge in [-0.25, -0.2) is 0 Å². The highest BCUT2D eigenvalue weighted by Gasteiger charge is 2.58. The number of rotatable bonds is 3. The molecule has 2 atom stereocenters. The predicted molar refractivity (Wildman–Crippen MR) is 60.0 cm³/mol. The van der Waals surface area contributed by atoms with Crippen LogP contribution >= 0.6 is 11.6 Å². The van der Waals surface area contributed by atoms with Crippen LogP contribution in [0.25, 0.3) is 0 Å². The Morgan fingerprint density at radius 3 is 2.76 bits per heavy atom. The van der Waals surface area contributed by atoms with E-state index >= 15 is 0 Å². The Bertz CT molecular complexity index is 519. The molecule has 3 N–H and O–H groups in total. The highest BCUT2D eigenvalue weighted by atomic mass is 35.5. The van der Waals surface area contributed by atoms with E-state index in [9.17, 15) is 14.9 Å². The summed E-state index contributed by atoms with van der Waals surface area (Å²) >= 11 is 5.66. The predicted octanol–water partition coefficient (Wildman–Crippen LogP) is 1.52. The number of nitro benzene ring substituents is 1. The van der Waals surface area contributed by atoms with Gasteiger partial charge < -0.3 is 10.8 Å². The SMILES string of the molecule is NC1(C(=O)O)CC1c1ccc(Cl)c([N+](=O)[O-])c1. The topological polar surface area (TPSA) is 106 Å². The fourth-order valence-electron chi connectivity index (χ4n) is 1.82. The molecule has 1 aromatic carbocycles. The van der Waals surface area contributed by atoms with Crippen LogP contribution in [0.15, 0.2) is 18.2 Å². The van der Waals surface area contributed by atoms with E-state index in [-0.39, 0.29) is 17.1 Å². The Morgan fingerprint density at radius 2 is 2.29 bits per heavy atom. The zero-order valence-corrected chi connectivity index (χ0v) is 9.35. The van der Waals surface area contributed by atoms with Gasteiger partial charge in [-0.1, -0.05) is 17.7 Å². The molecule has 0 bridgehead atoms. The summed E-state index contributed by atoms with van der Waals surface area (Å²) in [6.07, 6.45) is 0.279. The van der Waals surface area contributed by atoms with Gasteiger partial charge in [0.1, 0.15) is 10.6 Å². The Balaban J connectivity index is 2.34. The summed E-state index contributed by atoms with van der Waals surface area (Å²) in [5.41, 5.74) is 4.62. The van der Waals surface area contributed by atoms with Gasteiger partial charge in [0.05, 0.1) is 4.92 Å². The van der Waals surface area contributed by atoms with Gasteiger partial charge >= 0.3 is 5.97 Å². The maximum absolute atomic E-state index is 10.9. The largest absolute Gasteiger partial charge is 0.480 e. The molecule has 2 unspecified atom stereocenters. The van der Waals surface area contributed by atoms with Crippen LogP contribution in [0.4, 0.5) is 5.69 Å². The number of carboxylic acids is 1. The Kier molecular flexibility index (Phi) is 2.56. The van der Waals surface area contributed by atoms with Gasteiger partial charge in [-0.15, -0.1) is 0 Å². The van der Waals surface area contributed by atoms with E-state index in [0.29, 0.717) is 5.56 Å². The minimum Gasteiger partial charge on any atom is -0.480 e. The van der Waals surface area contributed by atoms with Crippen LogP contribution in [0.3, 0.4) is 0 Å². The van der Waals surface area contributed by atoms with E-state index in [0.717, 1.165) is 0 Å². The second-order valence-corrected chi connectivity index (χ2v) is 4.48. The van der Waals surface area contributed by atoms with Crippen LogP contribution in [0.1, 0.15) is 17.9 Å². The van der Waals surface area contributed by atoms with Crippen LogP contribution in [0.2, 0.25) is 5.02 Å². The van der Waals surface area contributed by atoms with Crippen molar-refractivity contribution < 1.29 is 14.8 Å². The molecule has 1 aromatic rings. The molecule has 1 aliphatic rings. The van der Waals surface area contributed by atoms with Crippen molar-refractivity contribution in [3.63, 3.8) is 0 Å². The van der Waals surface area contributed by atoms with Crippen LogP contribution < -0.4 is 5.73 Å². The molecule has 0 saturated heterocycles. The number of nitrogens with zero attached hydrogens (tertiary/aromatic N) is 1. The van der Waals surface area contributed by atoms with Crippen molar-refractivity contribution in [2.75, 3.05) is 0 Å². The molecule has 1 fully saturated rings. The van der Waals surface area contributed by atoms with Crippen molar-refractivity contribution >= 4 is 23.3 Å². The molecule has 0 spiro atoms. The Morgan fingerprint density at radius 1 is 1.65 bits per heavy atom. The smallest absolute Gasteiger partial charge is 0.324 e. The molecule has 7 heteroatoms. The molecule has 90 valence electrons. The average Bonchev–Trinajstić information content (AvgIpc) is 2.92. The minimum atomic E-state index is -1.30. The lowest BCUT2D eigenvalue weighted by Crippen LogP contribution is -2.34. The van der Waals surface area contributed by atoms with E-state index in [1.54, 1.807) is 6.07 Å². The van der Waals surface area contributed by atoms with E-state index in [1.807, 2.05) is 0 Å². The number of nitrogens with two attached hydrogens (primary N) is 1. The highest BCUT2D eigenvalue weighted by molar-refractivity contribution is 6.32. The Hall–Kier alpha value is -1.66. The van der Waals surface area contributed by atoms with Crippen molar-refractivity contribution in [1.82, 2.24) is 0 Å². The molecule has 0 aromatic heterocycles. The van der Waals surface area contributed by atoms with E-state index < -0.39 is 22.3 Å². The van der Waals surface area contributed by atoms with Gasteiger partial charge in [-0.3, -0.25) is 14.9 Å². The molecular formula is C10H9ClN2O4. The second kappa shape index (κ2) is 3.68. The number of carboxylic acid groups (broad SMARTS) is 1. The molecule has 6 nitrogen and oxygen atoms in total. The first kappa shape index (κ1) is 11.8. The lowest BCUT2D eigenvalue weighted by molar-refractivity contribution is -0.384. The number of benzene rings is 1. The third-order valence-corrected chi connectivity index (χ3v) is 3.29. The molecule has 2 rings (SSSR count). The molecule has 17 heavy (non-hydrogen) atoms. The zero-order valence-electron chi connectivity index (χ0n) is 8.59. The number of hydrogen-bond donors (Lipinski definition) is 2. The Labute approximate surface area is 101 Å². The van der Waals surface area contributed by atoms with Crippen molar-refractivity contribution in [2.24, 2.45) is 5.73 Å². The van der Waals surface area contributed by atoms with Crippen LogP contribution in [0.5, 0.6) is 0 Å². The molecule has 1 saturated carbocycles. The molecule has 0 amide bonds. The maximum atomic E-state index is 10.9. The normalized spacial score (nSPS) is 26.6. The van der Waals surface area contributed by atoms with Gasteiger partial charge in [0.2, 0.25) is 0 Å². The summed E-state index contributed by atoms with van der Waals surface area (Å²) in [6.45, 7) is 0. The van der Waals surface area contributed by atoms with Crippen molar-refractivity contribution in [3.05, 3.63) is 38.9 Å². The lowest BCUT2D eigenvalue weighted by atomic mass is 10.1. The summed E-state index contributed by atoms with van der Waals surface area (Å²) < 4.78 is 0. The summed E-state index contributed by atoms with van der Waals surface area (Å²) in [5.74, 6) is -1.49. The number of hydrogen-bond acceptors (Lipinski definition) is 4. The van der Waals surface area contributed by atoms with Gasteiger partial charge in [0.25, 0.3) is 5.69 Å². The fourth-order valence-corrected chi connectivity index (χ4v) is 2.00. The van der Waals surface area contributed by atoms with Crippen LogP contribution in [-0.4, -0.2) is 21.5 Å². The van der Waals surface area contributed by atoms with Crippen LogP contribution in [-0.2, 0) is 4.79 Å². The second-order valence-electron chi connectivity index (χ2n) is 4.07. The quantitative estimate of drug-likeness (QED) is 0.630. The maximum Gasteiger partial charge on any atom is 0.324 e. The summed E-state index contributed by atoms with van der Waals surface area (Å²) in [6, 6.07) is 4.23. The lowest BCUT2D eigenvalue weighted by Gasteiger charge is -2.05. The summed E-state index contributed by atoms with van der Waals surface area (Å²) in [7, 11) is 0. The highest BCUT2D eigenvalue weighted by Crippen LogP contribution is 2.50. The minimum absolute atomic E-state index is 0.0253. The number of carbonyl (C=O) groups is 1. The van der Waals surface area contributed by atoms with Crippen molar-refractivity contribution in [1.29, 1.82) is 0 Å². The average molecular weight is 257 g/mol. The number of nitro groups is 1. The number of halogens is 1. The first-order valence-electron chi connectivity index (χ1n) is 4.82. The number of aliphatic carboxylic acids is 1. The van der Waals surface area contributed by atoms with Gasteiger partial charge in [0.15, 0.2) is 0 Å². The van der Waals surface area contributed by atoms with E-state index in [2.05, 4.69) is 0 Å². The first-order chi connectivity index (χ1) is 7.86. The fraction of sp³-hybridized carbons (Fsp3) is 0.300. The van der Waals surface area contributed by atoms with Gasteiger partial charge in [-0.05, 0) is 18.1 Å². The monoisotopic (exact) mass is 256 g/mol. The van der Waals surface area contributed by atoms with Crippen LogP contribution in [0, 0.1) is 10.1 Å². The van der Waals surface area contributed by atoms with E-state index in [1.165, 1.54) is 12.1 Å². The third kappa shape index (κ3) is 1.85. The zero-order chi connectivity index (χ0) is 12.8.